The molecule has 2 aromatic heterocycles. The second kappa shape index (κ2) is 14.3. The van der Waals surface area contributed by atoms with Crippen molar-refractivity contribution in [2.75, 3.05) is 26.2 Å². The number of ether oxygens (including phenoxy) is 1. The van der Waals surface area contributed by atoms with Crippen LogP contribution in [-0.2, 0) is 11.2 Å². The number of H-pyrrole nitrogens is 1. The van der Waals surface area contributed by atoms with Gasteiger partial charge < -0.3 is 19.4 Å². The van der Waals surface area contributed by atoms with E-state index in [1.165, 1.54) is 16.7 Å². The molecule has 6 heteroatoms. The molecule has 0 aliphatic rings. The highest BCUT2D eigenvalue weighted by Gasteiger charge is 2.16. The number of aromatic amines is 1. The predicted molar refractivity (Wildman–Crippen MR) is 150 cm³/mol. The molecule has 2 heterocycles. The van der Waals surface area contributed by atoms with Crippen molar-refractivity contribution in [3.63, 3.8) is 0 Å². The summed E-state index contributed by atoms with van der Waals surface area (Å²) in [5.41, 5.74) is 5.52. The summed E-state index contributed by atoms with van der Waals surface area (Å²) < 4.78 is 6.23. The van der Waals surface area contributed by atoms with Crippen LogP contribution < -0.4 is 4.74 Å². The first-order valence-electron chi connectivity index (χ1n) is 12.0. The normalized spacial score (nSPS) is 10.5. The quantitative estimate of drug-likeness (QED) is 0.248. The Morgan fingerprint density at radius 1 is 1.06 bits per heavy atom. The van der Waals surface area contributed by atoms with Gasteiger partial charge in [-0.05, 0) is 54.4 Å². The summed E-state index contributed by atoms with van der Waals surface area (Å²) in [4.78, 5) is 18.4. The fraction of sp³-hybridized carbons (Fsp3) is 0.310. The Kier molecular flexibility index (Phi) is 11.5. The molecule has 0 amide bonds. The van der Waals surface area contributed by atoms with Crippen LogP contribution in [0.5, 0.6) is 5.75 Å². The van der Waals surface area contributed by atoms with Gasteiger partial charge in [-0.15, -0.1) is 13.2 Å². The number of carbonyl (C=O) groups is 1. The van der Waals surface area contributed by atoms with Crippen molar-refractivity contribution in [3.05, 3.63) is 72.4 Å². The number of aryl methyl sites for hydroxylation is 1. The van der Waals surface area contributed by atoms with Crippen LogP contribution >= 0.6 is 11.6 Å². The number of fused-ring (bicyclic) bond motifs is 3. The molecule has 0 saturated carbocycles. The molecule has 5 nitrogen and oxygen atoms in total. The van der Waals surface area contributed by atoms with E-state index in [4.69, 9.17) is 21.1 Å². The van der Waals surface area contributed by atoms with Crippen LogP contribution in [0.25, 0.3) is 33.1 Å². The summed E-state index contributed by atoms with van der Waals surface area (Å²) in [6.07, 6.45) is 3.89. The summed E-state index contributed by atoms with van der Waals surface area (Å²) in [6.45, 7) is 18.2. The number of rotatable bonds is 9. The lowest BCUT2D eigenvalue weighted by Gasteiger charge is -2.18. The number of pyridine rings is 1. The maximum absolute atomic E-state index is 8.00. The largest absolute Gasteiger partial charge is 0.490 e. The van der Waals surface area contributed by atoms with Crippen molar-refractivity contribution in [1.82, 2.24) is 14.9 Å². The monoisotopic (exact) mass is 493 g/mol. The number of nitrogens with one attached hydrogen (secondary N) is 1. The number of hydrogen-bond donors (Lipinski definition) is 1. The molecule has 1 N–H and O–H groups in total. The number of aromatic nitrogens is 2. The lowest BCUT2D eigenvalue weighted by Crippen LogP contribution is -2.27. The fourth-order valence-corrected chi connectivity index (χ4v) is 4.36. The van der Waals surface area contributed by atoms with Gasteiger partial charge in [-0.25, -0.2) is 4.98 Å². The summed E-state index contributed by atoms with van der Waals surface area (Å²) in [5.74, 6) is 0.852. The summed E-state index contributed by atoms with van der Waals surface area (Å²) in [5, 5.41) is 2.76. The maximum atomic E-state index is 8.00. The number of halogens is 1. The molecule has 0 unspecified atom stereocenters. The fourth-order valence-electron chi connectivity index (χ4n) is 4.20. The molecule has 0 atom stereocenters. The molecular weight excluding hydrogens is 458 g/mol. The predicted octanol–water partition coefficient (Wildman–Crippen LogP) is 7.33. The molecule has 0 bridgehead atoms. The Bertz CT molecular complexity index is 1220. The molecule has 4 rings (SSSR count). The van der Waals surface area contributed by atoms with E-state index >= 15 is 0 Å². The molecule has 0 spiro atoms. The van der Waals surface area contributed by atoms with Crippen molar-refractivity contribution >= 4 is 40.3 Å². The Balaban J connectivity index is 0.00000103. The number of nitrogens with zero attached hydrogens (tertiary/aromatic N) is 2. The lowest BCUT2D eigenvalue weighted by molar-refractivity contribution is -0.0979. The van der Waals surface area contributed by atoms with Crippen LogP contribution in [0, 0.1) is 0 Å². The molecular formula is C29H36ClN3O2. The van der Waals surface area contributed by atoms with E-state index in [0.717, 1.165) is 60.2 Å². The Morgan fingerprint density at radius 2 is 1.80 bits per heavy atom. The topological polar surface area (TPSA) is 58.2 Å². The zero-order chi connectivity index (χ0) is 25.8. The van der Waals surface area contributed by atoms with Gasteiger partial charge in [-0.3, -0.25) is 0 Å². The van der Waals surface area contributed by atoms with Gasteiger partial charge in [0, 0.05) is 23.5 Å². The van der Waals surface area contributed by atoms with Gasteiger partial charge in [0.15, 0.2) is 0 Å². The maximum Gasteiger partial charge on any atom is 0.143 e. The first-order valence-corrected chi connectivity index (χ1v) is 12.4. The van der Waals surface area contributed by atoms with E-state index in [1.807, 2.05) is 12.9 Å². The van der Waals surface area contributed by atoms with Crippen LogP contribution in [0.1, 0.15) is 32.8 Å². The Labute approximate surface area is 213 Å². The third-order valence-electron chi connectivity index (χ3n) is 5.87. The highest BCUT2D eigenvalue weighted by Crippen LogP contribution is 2.39. The van der Waals surface area contributed by atoms with E-state index in [-0.39, 0.29) is 0 Å². The van der Waals surface area contributed by atoms with E-state index in [1.54, 1.807) is 6.20 Å². The van der Waals surface area contributed by atoms with Crippen molar-refractivity contribution < 1.29 is 9.53 Å². The second-order valence-electron chi connectivity index (χ2n) is 7.86. The number of benzene rings is 2. The van der Waals surface area contributed by atoms with Crippen molar-refractivity contribution in [2.24, 2.45) is 0 Å². The van der Waals surface area contributed by atoms with Crippen molar-refractivity contribution in [3.8, 4) is 16.9 Å². The van der Waals surface area contributed by atoms with Crippen LogP contribution in [0.3, 0.4) is 0 Å². The average Bonchev–Trinajstić information content (AvgIpc) is 3.28. The highest BCUT2D eigenvalue weighted by atomic mass is 35.5. The summed E-state index contributed by atoms with van der Waals surface area (Å²) in [6, 6.07) is 15.0. The number of likely N-dealkylation sites (N-methyl/N-ethyl adjacent to an activating group) is 1. The SMILES string of the molecule is C=C.C=O.CCCc1cccc(-c2ccc(OCCN(CC)CC)c3[nH]c4ncc(Cl)cc4c23)c1. The van der Waals surface area contributed by atoms with E-state index in [0.29, 0.717) is 11.6 Å². The second-order valence-corrected chi connectivity index (χ2v) is 8.30. The molecule has 0 fully saturated rings. The van der Waals surface area contributed by atoms with Crippen LogP contribution in [0.15, 0.2) is 61.8 Å². The highest BCUT2D eigenvalue weighted by molar-refractivity contribution is 6.31. The summed E-state index contributed by atoms with van der Waals surface area (Å²) >= 11 is 6.32. The zero-order valence-corrected chi connectivity index (χ0v) is 21.8. The standard InChI is InChI=1S/C26H30ClN3O.C2H4.CH2O/c1-4-8-18-9-7-10-19(15-18)21-11-12-23(31-14-13-30(5-2)6-3)25-24(21)22-16-20(27)17-28-26(22)29-25;2*1-2/h7,9-12,15-17H,4-6,8,13-14H2,1-3H3,(H,28,29);1-2H2;1H2. The van der Waals surface area contributed by atoms with Gasteiger partial charge in [0.2, 0.25) is 0 Å². The van der Waals surface area contributed by atoms with Gasteiger partial charge in [0.05, 0.1) is 10.5 Å². The minimum Gasteiger partial charge on any atom is -0.490 e. The first kappa shape index (κ1) is 28.1. The van der Waals surface area contributed by atoms with Crippen LogP contribution in [0.4, 0.5) is 0 Å². The summed E-state index contributed by atoms with van der Waals surface area (Å²) in [7, 11) is 0. The molecule has 35 heavy (non-hydrogen) atoms. The van der Waals surface area contributed by atoms with E-state index in [9.17, 15) is 0 Å². The molecule has 186 valence electrons. The molecule has 4 aromatic rings. The minimum atomic E-state index is 0.631. The van der Waals surface area contributed by atoms with Crippen LogP contribution in [-0.4, -0.2) is 47.9 Å². The third-order valence-corrected chi connectivity index (χ3v) is 6.08. The number of carbonyl (C=O) groups excluding carboxylic acids is 1. The molecule has 0 aliphatic carbocycles. The van der Waals surface area contributed by atoms with E-state index < -0.39 is 0 Å². The zero-order valence-electron chi connectivity index (χ0n) is 21.1. The Hall–Kier alpha value is -3.15. The smallest absolute Gasteiger partial charge is 0.143 e. The first-order chi connectivity index (χ1) is 17.1. The number of hydrogen-bond acceptors (Lipinski definition) is 4. The average molecular weight is 494 g/mol. The minimum absolute atomic E-state index is 0.631. The third kappa shape index (κ3) is 6.71. The van der Waals surface area contributed by atoms with E-state index in [2.05, 4.69) is 85.2 Å². The van der Waals surface area contributed by atoms with Gasteiger partial charge >= 0.3 is 0 Å². The molecule has 0 aliphatic heterocycles. The van der Waals surface area contributed by atoms with Gasteiger partial charge in [0.25, 0.3) is 0 Å². The van der Waals surface area contributed by atoms with Gasteiger partial charge in [-0.1, -0.05) is 63.1 Å². The van der Waals surface area contributed by atoms with Gasteiger partial charge in [-0.2, -0.15) is 0 Å². The van der Waals surface area contributed by atoms with Gasteiger partial charge in [0.1, 0.15) is 24.8 Å². The van der Waals surface area contributed by atoms with Crippen molar-refractivity contribution in [1.29, 1.82) is 0 Å². The van der Waals surface area contributed by atoms with Crippen molar-refractivity contribution in [2.45, 2.75) is 33.6 Å². The molecule has 2 aromatic carbocycles. The molecule has 0 radical (unpaired) electrons. The van der Waals surface area contributed by atoms with Crippen LogP contribution in [0.2, 0.25) is 5.02 Å². The lowest BCUT2D eigenvalue weighted by atomic mass is 9.97. The molecule has 0 saturated heterocycles. The Morgan fingerprint density at radius 3 is 2.49 bits per heavy atom.